The van der Waals surface area contributed by atoms with E-state index in [1.54, 1.807) is 13.2 Å². The van der Waals surface area contributed by atoms with Crippen LogP contribution in [0.5, 0.6) is 5.75 Å². The van der Waals surface area contributed by atoms with Gasteiger partial charge in [-0.15, -0.1) is 0 Å². The van der Waals surface area contributed by atoms with Crippen LogP contribution in [-0.4, -0.2) is 31.0 Å². The van der Waals surface area contributed by atoms with Gasteiger partial charge >= 0.3 is 5.63 Å². The molecule has 3 aromatic rings. The van der Waals surface area contributed by atoms with Crippen molar-refractivity contribution in [2.24, 2.45) is 5.92 Å². The van der Waals surface area contributed by atoms with E-state index in [4.69, 9.17) is 9.15 Å². The quantitative estimate of drug-likeness (QED) is 0.496. The SMILES string of the molecule is COc1ccc2c(C)c(CCC(=O)NCc3ccc(CN4CCC(C)CC4)cc3)c(=O)oc2c1. The maximum absolute atomic E-state index is 12.5. The average Bonchev–Trinajstić information content (AvgIpc) is 2.84. The third-order valence-corrected chi connectivity index (χ3v) is 6.89. The monoisotopic (exact) mass is 462 g/mol. The van der Waals surface area contributed by atoms with E-state index >= 15 is 0 Å². The Morgan fingerprint density at radius 1 is 1.12 bits per heavy atom. The van der Waals surface area contributed by atoms with Gasteiger partial charge in [-0.25, -0.2) is 4.79 Å². The van der Waals surface area contributed by atoms with Gasteiger partial charge in [0.2, 0.25) is 5.91 Å². The van der Waals surface area contributed by atoms with Crippen molar-refractivity contribution in [2.45, 2.75) is 52.6 Å². The lowest BCUT2D eigenvalue weighted by atomic mass is 9.99. The van der Waals surface area contributed by atoms with Crippen molar-refractivity contribution in [2.75, 3.05) is 20.2 Å². The molecule has 0 atom stereocenters. The number of carbonyl (C=O) groups excluding carboxylic acids is 1. The van der Waals surface area contributed by atoms with Crippen LogP contribution in [-0.2, 0) is 24.3 Å². The number of ether oxygens (including phenoxy) is 1. The number of amides is 1. The molecule has 6 heteroatoms. The first-order valence-electron chi connectivity index (χ1n) is 12.1. The topological polar surface area (TPSA) is 71.8 Å². The highest BCUT2D eigenvalue weighted by molar-refractivity contribution is 5.82. The van der Waals surface area contributed by atoms with Crippen molar-refractivity contribution >= 4 is 16.9 Å². The molecule has 180 valence electrons. The second kappa shape index (κ2) is 10.9. The Morgan fingerprint density at radius 2 is 1.82 bits per heavy atom. The van der Waals surface area contributed by atoms with Gasteiger partial charge in [0.1, 0.15) is 11.3 Å². The van der Waals surface area contributed by atoms with E-state index in [-0.39, 0.29) is 12.3 Å². The number of carbonyl (C=O) groups is 1. The molecule has 0 bridgehead atoms. The Morgan fingerprint density at radius 3 is 2.53 bits per heavy atom. The van der Waals surface area contributed by atoms with Gasteiger partial charge in [-0.3, -0.25) is 9.69 Å². The highest BCUT2D eigenvalue weighted by Gasteiger charge is 2.16. The Bertz CT molecular complexity index is 1190. The maximum Gasteiger partial charge on any atom is 0.339 e. The van der Waals surface area contributed by atoms with Crippen molar-refractivity contribution < 1.29 is 13.9 Å². The summed E-state index contributed by atoms with van der Waals surface area (Å²) in [6, 6.07) is 13.9. The van der Waals surface area contributed by atoms with E-state index in [9.17, 15) is 9.59 Å². The summed E-state index contributed by atoms with van der Waals surface area (Å²) in [4.78, 5) is 27.5. The molecular weight excluding hydrogens is 428 g/mol. The number of fused-ring (bicyclic) bond motifs is 1. The zero-order valence-corrected chi connectivity index (χ0v) is 20.4. The van der Waals surface area contributed by atoms with Crippen LogP contribution in [0.3, 0.4) is 0 Å². The zero-order valence-electron chi connectivity index (χ0n) is 20.4. The molecule has 0 radical (unpaired) electrons. The molecule has 1 aliphatic rings. The molecule has 0 unspecified atom stereocenters. The number of piperidine rings is 1. The minimum atomic E-state index is -0.398. The Hall–Kier alpha value is -3.12. The van der Waals surface area contributed by atoms with Gasteiger partial charge < -0.3 is 14.5 Å². The van der Waals surface area contributed by atoms with Crippen LogP contribution in [0.2, 0.25) is 0 Å². The highest BCUT2D eigenvalue weighted by atomic mass is 16.5. The molecule has 1 N–H and O–H groups in total. The third kappa shape index (κ3) is 5.86. The number of likely N-dealkylation sites (tertiary alicyclic amines) is 1. The van der Waals surface area contributed by atoms with Gasteiger partial charge in [-0.1, -0.05) is 31.2 Å². The molecule has 1 aliphatic heterocycles. The minimum Gasteiger partial charge on any atom is -0.497 e. The summed E-state index contributed by atoms with van der Waals surface area (Å²) in [5, 5.41) is 3.82. The molecular formula is C28H34N2O4. The third-order valence-electron chi connectivity index (χ3n) is 6.89. The van der Waals surface area contributed by atoms with Crippen LogP contribution in [0, 0.1) is 12.8 Å². The van der Waals surface area contributed by atoms with Gasteiger partial charge in [0.25, 0.3) is 0 Å². The molecule has 0 saturated carbocycles. The fourth-order valence-electron chi connectivity index (χ4n) is 4.56. The predicted molar refractivity (Wildman–Crippen MR) is 134 cm³/mol. The number of benzene rings is 2. The molecule has 2 heterocycles. The average molecular weight is 463 g/mol. The number of nitrogens with zero attached hydrogens (tertiary/aromatic N) is 1. The normalized spacial score (nSPS) is 14.9. The zero-order chi connectivity index (χ0) is 24.1. The van der Waals surface area contributed by atoms with Gasteiger partial charge in [-0.05, 0) is 74.0 Å². The number of methoxy groups -OCH3 is 1. The lowest BCUT2D eigenvalue weighted by Crippen LogP contribution is -2.32. The summed E-state index contributed by atoms with van der Waals surface area (Å²) in [5.41, 5.74) is 3.86. The van der Waals surface area contributed by atoms with Crippen LogP contribution in [0.1, 0.15) is 48.4 Å². The lowest BCUT2D eigenvalue weighted by Gasteiger charge is -2.30. The largest absolute Gasteiger partial charge is 0.497 e. The summed E-state index contributed by atoms with van der Waals surface area (Å²) < 4.78 is 10.7. The summed E-state index contributed by atoms with van der Waals surface area (Å²) in [6.07, 6.45) is 3.13. The molecule has 0 spiro atoms. The molecule has 34 heavy (non-hydrogen) atoms. The first-order valence-corrected chi connectivity index (χ1v) is 12.1. The Balaban J connectivity index is 1.29. The molecule has 6 nitrogen and oxygen atoms in total. The number of hydrogen-bond donors (Lipinski definition) is 1. The van der Waals surface area contributed by atoms with E-state index in [1.165, 1.54) is 31.5 Å². The molecule has 1 amide bonds. The van der Waals surface area contributed by atoms with E-state index in [2.05, 4.69) is 41.4 Å². The van der Waals surface area contributed by atoms with Gasteiger partial charge in [-0.2, -0.15) is 0 Å². The van der Waals surface area contributed by atoms with Gasteiger partial charge in [0.05, 0.1) is 7.11 Å². The molecule has 1 fully saturated rings. The molecule has 2 aromatic carbocycles. The van der Waals surface area contributed by atoms with Crippen molar-refractivity contribution in [3.05, 3.63) is 75.1 Å². The Labute approximate surface area is 200 Å². The van der Waals surface area contributed by atoms with Crippen LogP contribution in [0.4, 0.5) is 0 Å². The van der Waals surface area contributed by atoms with Gasteiger partial charge in [0.15, 0.2) is 0 Å². The predicted octanol–water partition coefficient (Wildman–Crippen LogP) is 4.59. The van der Waals surface area contributed by atoms with E-state index < -0.39 is 5.63 Å². The van der Waals surface area contributed by atoms with Crippen molar-refractivity contribution in [1.29, 1.82) is 0 Å². The van der Waals surface area contributed by atoms with Crippen LogP contribution >= 0.6 is 0 Å². The fourth-order valence-corrected chi connectivity index (χ4v) is 4.56. The fraction of sp³-hybridized carbons (Fsp3) is 0.429. The van der Waals surface area contributed by atoms with Crippen LogP contribution in [0.15, 0.2) is 51.7 Å². The van der Waals surface area contributed by atoms with Crippen molar-refractivity contribution in [3.8, 4) is 5.75 Å². The first kappa shape index (κ1) is 24.0. The summed E-state index contributed by atoms with van der Waals surface area (Å²) in [7, 11) is 1.57. The molecule has 1 saturated heterocycles. The smallest absolute Gasteiger partial charge is 0.339 e. The van der Waals surface area contributed by atoms with E-state index in [0.29, 0.717) is 29.9 Å². The summed E-state index contributed by atoms with van der Waals surface area (Å²) in [6.45, 7) is 8.02. The Kier molecular flexibility index (Phi) is 7.68. The van der Waals surface area contributed by atoms with Crippen molar-refractivity contribution in [1.82, 2.24) is 10.2 Å². The standard InChI is InChI=1S/C28H34N2O4/c1-19-12-14-30(15-13-19)18-22-6-4-21(5-7-22)17-29-27(31)11-10-25-20(2)24-9-8-23(33-3)16-26(24)34-28(25)32/h4-9,16,19H,10-15,17-18H2,1-3H3,(H,29,31). The summed E-state index contributed by atoms with van der Waals surface area (Å²) in [5.74, 6) is 1.39. The molecule has 0 aliphatic carbocycles. The number of nitrogens with one attached hydrogen (secondary N) is 1. The van der Waals surface area contributed by atoms with E-state index in [1.807, 2.05) is 19.1 Å². The molecule has 4 rings (SSSR count). The minimum absolute atomic E-state index is 0.0832. The van der Waals surface area contributed by atoms with Crippen LogP contribution in [0.25, 0.3) is 11.0 Å². The summed E-state index contributed by atoms with van der Waals surface area (Å²) >= 11 is 0. The second-order valence-electron chi connectivity index (χ2n) is 9.41. The first-order chi connectivity index (χ1) is 16.4. The molecule has 1 aromatic heterocycles. The van der Waals surface area contributed by atoms with E-state index in [0.717, 1.165) is 29.0 Å². The van der Waals surface area contributed by atoms with Gasteiger partial charge in [0, 0.05) is 36.5 Å². The number of rotatable bonds is 8. The number of hydrogen-bond acceptors (Lipinski definition) is 5. The lowest BCUT2D eigenvalue weighted by molar-refractivity contribution is -0.121. The number of aryl methyl sites for hydroxylation is 1. The van der Waals surface area contributed by atoms with Crippen LogP contribution < -0.4 is 15.7 Å². The second-order valence-corrected chi connectivity index (χ2v) is 9.41. The maximum atomic E-state index is 12.5. The van der Waals surface area contributed by atoms with Crippen molar-refractivity contribution in [3.63, 3.8) is 0 Å². The highest BCUT2D eigenvalue weighted by Crippen LogP contribution is 2.24.